The van der Waals surface area contributed by atoms with Crippen LogP contribution in [-0.4, -0.2) is 189 Å². The van der Waals surface area contributed by atoms with Gasteiger partial charge in [0.05, 0.1) is 96.2 Å². The number of aliphatic hydroxyl groups excluding tert-OH is 2. The predicted octanol–water partition coefficient (Wildman–Crippen LogP) is 0.0804. The Morgan fingerprint density at radius 1 is 0.704 bits per heavy atom. The lowest BCUT2D eigenvalue weighted by molar-refractivity contribution is -0.864. The lowest BCUT2D eigenvalue weighted by Gasteiger charge is -2.32. The van der Waals surface area contributed by atoms with E-state index in [1.165, 1.54) is 26.4 Å². The number of halogens is 3. The Kier molecular flexibility index (Phi) is 41.7. The molecule has 0 unspecified atom stereocenters. The molecule has 4 rings (SSSR count). The van der Waals surface area contributed by atoms with Gasteiger partial charge in [0.1, 0.15) is 24.5 Å². The highest BCUT2D eigenvalue weighted by molar-refractivity contribution is 6.63. The van der Waals surface area contributed by atoms with E-state index in [9.17, 15) is 63.9 Å². The number of ketones is 2. The molecule has 1 aromatic rings. The molecule has 0 saturated carbocycles. The Balaban J connectivity index is 0. The predicted molar refractivity (Wildman–Crippen MR) is 369 cm³/mol. The molecule has 4 amide bonds. The molecular weight excluding hydrogens is 1330 g/mol. The molecule has 24 nitrogen and oxygen atoms in total. The maximum Gasteiger partial charge on any atom is 0.405 e. The standard InChI is InChI=1S/C31H42N2O7.C30H43N3O7.C5H11ClNO.C5H11NO2.2ClH/c1-8-9-13-22-23-15-21(6)29(39-7)26(35)19(4)14-20(5)28(40-31(32)38)17(2)11-10-12-18(3)30(37)33-24(27(23)36)16-25(22)34;1-8-12-32-24-21-14-20(6)28(39-7)25(35)18(4)13-19(5)27(40-30(31)38)16(2)10-9-11-17(3)29(37)33-22(26(21)36)15-23(24)34;1-7(2,3)4-5(6)8;1-6(2,3)4-5(7)8;;/h8,10-12,14,16-17,19,21,26,28-29,35H,1,9,13,15H2,2-7H3,(H2,32,38)(H,33,37);8-11,13,15-16,18,20,25,27-28,32,34-36H,1,12,14H2,2-7H3,(H2,31,38)(H,33,37);2*4H2,1-3H3;2*1H/q;;+1;;;/p-1/b11-10-,18-12+,20-14+;10-9-,17-11+,19-13+;;;;/t17-,19-,21+,26+,28+,29-;16-,18-,20+,25+,27+,28-;;;;/m00..../s1. The number of fused-ring (bicyclic) bond motifs is 4. The number of methoxy groups -OCH3 is 2. The van der Waals surface area contributed by atoms with E-state index in [-0.39, 0.29) is 107 Å². The monoisotopic (exact) mass is 1440 g/mol. The van der Waals surface area contributed by atoms with E-state index in [4.69, 9.17) is 42.0 Å². The number of Topliss-reactive ketones (excluding diaryl/α,β-unsaturated/α-hetero) is 1. The van der Waals surface area contributed by atoms with Crippen molar-refractivity contribution in [2.75, 3.05) is 81.5 Å². The minimum absolute atomic E-state index is 0. The molecule has 4 bridgehead atoms. The Labute approximate surface area is 596 Å². The number of carbonyl (C=O) groups is 8. The topological polar surface area (TPSA) is 370 Å². The number of amides is 4. The van der Waals surface area contributed by atoms with E-state index in [1.807, 2.05) is 74.8 Å². The number of quaternary nitrogens is 3. The summed E-state index contributed by atoms with van der Waals surface area (Å²) >= 11 is 5.11. The maximum absolute atomic E-state index is 13.6. The van der Waals surface area contributed by atoms with E-state index >= 15 is 0 Å². The number of allylic oxidation sites excluding steroid dienone is 8. The van der Waals surface area contributed by atoms with Crippen molar-refractivity contribution in [1.29, 1.82) is 0 Å². The Bertz CT molecular complexity index is 3170. The van der Waals surface area contributed by atoms with Crippen LogP contribution >= 0.6 is 11.6 Å². The number of aliphatic carboxylic acids is 1. The van der Waals surface area contributed by atoms with Gasteiger partial charge in [-0.25, -0.2) is 9.59 Å². The molecule has 550 valence electrons. The van der Waals surface area contributed by atoms with Crippen molar-refractivity contribution in [1.82, 2.24) is 5.32 Å². The molecular formula is C71H108Cl3N7O17. The van der Waals surface area contributed by atoms with Gasteiger partial charge in [0.2, 0.25) is 5.78 Å². The second-order valence-electron chi connectivity index (χ2n) is 26.7. The second kappa shape index (κ2) is 44.0. The van der Waals surface area contributed by atoms with Crippen LogP contribution in [0.3, 0.4) is 0 Å². The fourth-order valence-corrected chi connectivity index (χ4v) is 11.3. The minimum atomic E-state index is -1.00. The summed E-state index contributed by atoms with van der Waals surface area (Å²) in [5.74, 6) is -5.23. The molecule has 0 aromatic heterocycles. The molecule has 12 N–H and O–H groups in total. The molecule has 1 aromatic carbocycles. The first-order chi connectivity index (χ1) is 44.5. The average molecular weight is 1440 g/mol. The number of hydrogen-bond donors (Lipinski definition) is 9. The van der Waals surface area contributed by atoms with Crippen molar-refractivity contribution in [2.24, 2.45) is 47.0 Å². The molecule has 0 fully saturated rings. The summed E-state index contributed by atoms with van der Waals surface area (Å²) < 4.78 is 23.2. The highest BCUT2D eigenvalue weighted by Gasteiger charge is 2.37. The molecule has 1 aliphatic carbocycles. The van der Waals surface area contributed by atoms with Gasteiger partial charge in [-0.3, -0.25) is 24.0 Å². The molecule has 98 heavy (non-hydrogen) atoms. The van der Waals surface area contributed by atoms with Gasteiger partial charge in [-0.15, -0.1) is 6.58 Å². The van der Waals surface area contributed by atoms with Crippen molar-refractivity contribution < 1.29 is 122 Å². The zero-order chi connectivity index (χ0) is 73.9. The van der Waals surface area contributed by atoms with Gasteiger partial charge in [-0.05, 0) is 94.0 Å². The number of nitrogens with zero attached hydrogens (tertiary/aromatic N) is 2. The van der Waals surface area contributed by atoms with Crippen molar-refractivity contribution in [3.8, 4) is 11.5 Å². The molecule has 0 saturated heterocycles. The van der Waals surface area contributed by atoms with Crippen molar-refractivity contribution in [3.05, 3.63) is 131 Å². The summed E-state index contributed by atoms with van der Waals surface area (Å²) in [4.78, 5) is 95.9. The van der Waals surface area contributed by atoms with Crippen LogP contribution in [0.15, 0.2) is 125 Å². The van der Waals surface area contributed by atoms with E-state index in [0.717, 1.165) is 0 Å². The number of aromatic hydroxyl groups is 2. The number of ether oxygens (including phenoxy) is 4. The van der Waals surface area contributed by atoms with Crippen molar-refractivity contribution in [2.45, 2.75) is 132 Å². The minimum Gasteiger partial charge on any atom is -1.00 e. The van der Waals surface area contributed by atoms with Gasteiger partial charge in [-0.2, -0.15) is 0 Å². The van der Waals surface area contributed by atoms with Gasteiger partial charge in [0.15, 0.2) is 23.8 Å². The summed E-state index contributed by atoms with van der Waals surface area (Å²) in [6.07, 6.45) is 12.8. The molecule has 2 aliphatic heterocycles. The summed E-state index contributed by atoms with van der Waals surface area (Å²) in [7, 11) is 14.1. The number of nitrogens with two attached hydrogens (primary N) is 3. The highest BCUT2D eigenvalue weighted by atomic mass is 35.5. The Morgan fingerprint density at radius 2 is 1.14 bits per heavy atom. The normalized spacial score (nSPS) is 27.3. The largest absolute Gasteiger partial charge is 1.00 e. The van der Waals surface area contributed by atoms with Crippen LogP contribution in [-0.2, 0) is 54.1 Å². The molecule has 3 aliphatic rings. The highest BCUT2D eigenvalue weighted by Crippen LogP contribution is 2.41. The number of primary amides is 2. The number of phenols is 2. The third-order valence-corrected chi connectivity index (χ3v) is 15.9. The van der Waals surface area contributed by atoms with Crippen LogP contribution in [0.4, 0.5) is 21.0 Å². The maximum atomic E-state index is 13.6. The molecule has 0 spiro atoms. The zero-order valence-corrected chi connectivity index (χ0v) is 62.3. The van der Waals surface area contributed by atoms with Gasteiger partial charge in [-0.1, -0.05) is 103 Å². The van der Waals surface area contributed by atoms with Gasteiger partial charge in [0, 0.05) is 72.3 Å². The SMILES string of the molecule is C=CCCC1=C2C[C@@H](C)[C@H](OC)[C@H](O)[C@@H](C)/C=C(\C)[C@H](OC(N)=O)[C@@H](C)/C=C\C=C(/C)C(=O)NC(=CC1=O)C2=O.C=CC[NH2+]c1c(O)cc2c(O)c1C[C@@H](C)[C@H](OC)[C@H](O)[C@@H](C)/C=C(\C)[C@H](OC(N)=O)[C@@H](C)/C=C\C=C(/C)C(=O)N2.C[N+](C)(C)CC(=O)Cl.C[N+](C)(C)CC(=O)[O-].[Cl-].[Cl-]. The molecule has 0 radical (unpaired) electrons. The van der Waals surface area contributed by atoms with Crippen LogP contribution in [0, 0.1) is 35.5 Å². The summed E-state index contributed by atoms with van der Waals surface area (Å²) in [5.41, 5.74) is 14.2. The average Bonchev–Trinajstić information content (AvgIpc) is 0.801. The van der Waals surface area contributed by atoms with Crippen molar-refractivity contribution >= 4 is 69.8 Å². The summed E-state index contributed by atoms with van der Waals surface area (Å²) in [5, 5.41) is 61.3. The van der Waals surface area contributed by atoms with Crippen LogP contribution in [0.25, 0.3) is 0 Å². The number of anilines is 1. The number of benzene rings is 1. The van der Waals surface area contributed by atoms with E-state index in [0.29, 0.717) is 74.0 Å². The number of carboxylic acids is 1. The van der Waals surface area contributed by atoms with Crippen molar-refractivity contribution in [3.63, 3.8) is 0 Å². The van der Waals surface area contributed by atoms with Crippen LogP contribution in [0.2, 0.25) is 0 Å². The Morgan fingerprint density at radius 3 is 1.51 bits per heavy atom. The lowest BCUT2D eigenvalue weighted by atomic mass is 9.81. The summed E-state index contributed by atoms with van der Waals surface area (Å²) in [6.45, 7) is 26.2. The van der Waals surface area contributed by atoms with Crippen LogP contribution in [0.5, 0.6) is 11.5 Å². The van der Waals surface area contributed by atoms with E-state index in [1.54, 1.807) is 103 Å². The first-order valence-corrected chi connectivity index (χ1v) is 32.0. The third kappa shape index (κ3) is 31.7. The molecule has 27 heteroatoms. The quantitative estimate of drug-likeness (QED) is 0.0227. The summed E-state index contributed by atoms with van der Waals surface area (Å²) in [6, 6.07) is 1.31. The number of rotatable bonds is 14. The number of likely N-dealkylation sites (N-methyl/N-ethyl adjacent to an activating group) is 2. The first kappa shape index (κ1) is 92.8. The van der Waals surface area contributed by atoms with Crippen LogP contribution in [0.1, 0.15) is 94.1 Å². The second-order valence-corrected chi connectivity index (χ2v) is 27.1. The lowest BCUT2D eigenvalue weighted by Crippen LogP contribution is -3.00. The van der Waals surface area contributed by atoms with E-state index in [2.05, 4.69) is 23.8 Å². The number of carboxylic acid groups (broad SMARTS) is 1. The van der Waals surface area contributed by atoms with Gasteiger partial charge >= 0.3 is 12.2 Å². The van der Waals surface area contributed by atoms with Gasteiger partial charge < -0.3 is 110 Å². The van der Waals surface area contributed by atoms with Crippen LogP contribution < -0.4 is 57.3 Å². The number of carbonyl (C=O) groups excluding carboxylic acids is 8. The fraction of sp³-hybridized carbons (Fsp3) is 0.521. The molecule has 12 atom stereocenters. The number of phenolic OH excluding ortho intramolecular Hbond substituents is 2. The third-order valence-electron chi connectivity index (χ3n) is 15.8. The molecule has 2 heterocycles. The fourth-order valence-electron chi connectivity index (χ4n) is 10.9. The number of hydrogen-bond acceptors (Lipinski definition) is 17. The number of aliphatic hydroxyl groups is 2. The van der Waals surface area contributed by atoms with E-state index < -0.39 is 84.2 Å². The Hall–Kier alpha value is -7.23. The first-order valence-electron chi connectivity index (χ1n) is 31.6. The zero-order valence-electron chi connectivity index (χ0n) is 60.1. The van der Waals surface area contributed by atoms with Gasteiger partial charge in [0.25, 0.3) is 17.1 Å². The smallest absolute Gasteiger partial charge is 0.405 e. The number of nitrogens with one attached hydrogen (secondary N) is 2.